The van der Waals surface area contributed by atoms with E-state index in [1.54, 1.807) is 19.2 Å². The minimum absolute atomic E-state index is 0.00816. The average molecular weight is 390 g/mol. The van der Waals surface area contributed by atoms with Crippen LogP contribution in [0.2, 0.25) is 0 Å². The Bertz CT molecular complexity index is 760. The molecule has 1 aliphatic heterocycles. The summed E-state index contributed by atoms with van der Waals surface area (Å²) in [5.74, 6) is 1.20. The first-order chi connectivity index (χ1) is 11.6. The van der Waals surface area contributed by atoms with Gasteiger partial charge in [0.1, 0.15) is 0 Å². The second-order valence-electron chi connectivity index (χ2n) is 5.67. The summed E-state index contributed by atoms with van der Waals surface area (Å²) in [6.45, 7) is 3.78. The number of ether oxygens (including phenoxy) is 2. The van der Waals surface area contributed by atoms with Crippen molar-refractivity contribution >= 4 is 21.8 Å². The van der Waals surface area contributed by atoms with Crippen molar-refractivity contribution < 1.29 is 14.3 Å². The third-order valence-electron chi connectivity index (χ3n) is 4.18. The highest BCUT2D eigenvalue weighted by Gasteiger charge is 2.23. The lowest BCUT2D eigenvalue weighted by molar-refractivity contribution is 0.0734. The van der Waals surface area contributed by atoms with Gasteiger partial charge in [0.2, 0.25) is 0 Å². The van der Waals surface area contributed by atoms with E-state index in [9.17, 15) is 4.79 Å². The lowest BCUT2D eigenvalue weighted by atomic mass is 9.99. The Labute approximate surface area is 150 Å². The van der Waals surface area contributed by atoms with Crippen LogP contribution in [-0.4, -0.2) is 31.1 Å². The third kappa shape index (κ3) is 3.26. The van der Waals surface area contributed by atoms with E-state index in [1.807, 2.05) is 24.0 Å². The topological polar surface area (TPSA) is 38.8 Å². The maximum Gasteiger partial charge on any atom is 0.254 e. The van der Waals surface area contributed by atoms with E-state index in [1.165, 1.54) is 11.1 Å². The highest BCUT2D eigenvalue weighted by Crippen LogP contribution is 2.37. The molecule has 0 aromatic heterocycles. The number of amides is 1. The van der Waals surface area contributed by atoms with Crippen LogP contribution in [0, 0.1) is 0 Å². The van der Waals surface area contributed by atoms with Gasteiger partial charge in [-0.3, -0.25) is 4.79 Å². The fraction of sp³-hybridized carbons (Fsp3) is 0.316. The summed E-state index contributed by atoms with van der Waals surface area (Å²) < 4.78 is 11.7. The van der Waals surface area contributed by atoms with E-state index in [0.29, 0.717) is 30.2 Å². The molecule has 2 aromatic rings. The number of fused-ring (bicyclic) bond motifs is 1. The standard InChI is InChI=1S/C19H20BrNO3/c1-3-24-17-11-15(10-16(20)18(17)23-2)19(22)21-9-8-13-6-4-5-7-14(13)12-21/h4-7,10-11H,3,8-9,12H2,1-2H3. The van der Waals surface area contributed by atoms with E-state index < -0.39 is 0 Å². The first-order valence-electron chi connectivity index (χ1n) is 8.00. The average Bonchev–Trinajstić information content (AvgIpc) is 2.60. The van der Waals surface area contributed by atoms with Crippen molar-refractivity contribution in [2.75, 3.05) is 20.3 Å². The normalized spacial score (nSPS) is 13.4. The Balaban J connectivity index is 1.88. The van der Waals surface area contributed by atoms with Crippen LogP contribution in [0.4, 0.5) is 0 Å². The van der Waals surface area contributed by atoms with Crippen molar-refractivity contribution in [3.8, 4) is 11.5 Å². The second-order valence-corrected chi connectivity index (χ2v) is 6.52. The molecule has 0 fully saturated rings. The smallest absolute Gasteiger partial charge is 0.254 e. The summed E-state index contributed by atoms with van der Waals surface area (Å²) in [5.41, 5.74) is 3.15. The van der Waals surface area contributed by atoms with Gasteiger partial charge in [-0.1, -0.05) is 24.3 Å². The molecule has 2 aromatic carbocycles. The van der Waals surface area contributed by atoms with Crippen molar-refractivity contribution in [2.45, 2.75) is 19.9 Å². The van der Waals surface area contributed by atoms with Crippen LogP contribution < -0.4 is 9.47 Å². The molecule has 0 N–H and O–H groups in total. The summed E-state index contributed by atoms with van der Waals surface area (Å²) in [6.07, 6.45) is 0.886. The molecule has 1 amide bonds. The SMILES string of the molecule is CCOc1cc(C(=O)N2CCc3ccccc3C2)cc(Br)c1OC. The lowest BCUT2D eigenvalue weighted by Crippen LogP contribution is -2.35. The summed E-state index contributed by atoms with van der Waals surface area (Å²) in [4.78, 5) is 14.8. The maximum atomic E-state index is 12.9. The van der Waals surface area contributed by atoms with Crippen LogP contribution in [0.25, 0.3) is 0 Å². The Hall–Kier alpha value is -2.01. The summed E-state index contributed by atoms with van der Waals surface area (Å²) in [7, 11) is 1.59. The number of benzene rings is 2. The van der Waals surface area contributed by atoms with E-state index in [2.05, 4.69) is 28.1 Å². The van der Waals surface area contributed by atoms with Crippen LogP contribution in [-0.2, 0) is 13.0 Å². The van der Waals surface area contributed by atoms with Gasteiger partial charge in [0.05, 0.1) is 18.2 Å². The van der Waals surface area contributed by atoms with Gasteiger partial charge in [-0.05, 0) is 52.5 Å². The molecule has 1 aliphatic rings. The number of rotatable bonds is 4. The first kappa shape index (κ1) is 16.8. The molecule has 0 atom stereocenters. The van der Waals surface area contributed by atoms with Gasteiger partial charge < -0.3 is 14.4 Å². The molecule has 0 bridgehead atoms. The number of carbonyl (C=O) groups excluding carboxylic acids is 1. The number of nitrogens with zero attached hydrogens (tertiary/aromatic N) is 1. The molecule has 0 saturated heterocycles. The monoisotopic (exact) mass is 389 g/mol. The van der Waals surface area contributed by atoms with Crippen LogP contribution in [0.3, 0.4) is 0 Å². The summed E-state index contributed by atoms with van der Waals surface area (Å²) in [5, 5.41) is 0. The number of hydrogen-bond donors (Lipinski definition) is 0. The van der Waals surface area contributed by atoms with Crippen molar-refractivity contribution in [3.05, 3.63) is 57.6 Å². The Morgan fingerprint density at radius 3 is 2.71 bits per heavy atom. The van der Waals surface area contributed by atoms with E-state index in [4.69, 9.17) is 9.47 Å². The zero-order chi connectivity index (χ0) is 17.1. The lowest BCUT2D eigenvalue weighted by Gasteiger charge is -2.29. The highest BCUT2D eigenvalue weighted by atomic mass is 79.9. The molecular weight excluding hydrogens is 370 g/mol. The molecule has 0 saturated carbocycles. The fourth-order valence-electron chi connectivity index (χ4n) is 3.00. The van der Waals surface area contributed by atoms with Crippen LogP contribution >= 0.6 is 15.9 Å². The summed E-state index contributed by atoms with van der Waals surface area (Å²) in [6, 6.07) is 11.8. The van der Waals surface area contributed by atoms with Gasteiger partial charge in [0, 0.05) is 18.7 Å². The van der Waals surface area contributed by atoms with Gasteiger partial charge in [0.25, 0.3) is 5.91 Å². The van der Waals surface area contributed by atoms with Crippen LogP contribution in [0.5, 0.6) is 11.5 Å². The molecule has 1 heterocycles. The molecule has 24 heavy (non-hydrogen) atoms. The highest BCUT2D eigenvalue weighted by molar-refractivity contribution is 9.10. The van der Waals surface area contributed by atoms with Crippen molar-refractivity contribution in [2.24, 2.45) is 0 Å². The van der Waals surface area contributed by atoms with Crippen molar-refractivity contribution in [1.82, 2.24) is 4.90 Å². The molecule has 0 aliphatic carbocycles. The first-order valence-corrected chi connectivity index (χ1v) is 8.79. The molecule has 5 heteroatoms. The van der Waals surface area contributed by atoms with Crippen molar-refractivity contribution in [1.29, 1.82) is 0 Å². The summed E-state index contributed by atoms with van der Waals surface area (Å²) >= 11 is 3.47. The quantitative estimate of drug-likeness (QED) is 0.791. The van der Waals surface area contributed by atoms with Crippen LogP contribution in [0.15, 0.2) is 40.9 Å². The molecule has 0 unspecified atom stereocenters. The van der Waals surface area contributed by atoms with Gasteiger partial charge >= 0.3 is 0 Å². The predicted octanol–water partition coefficient (Wildman–Crippen LogP) is 4.05. The predicted molar refractivity (Wildman–Crippen MR) is 96.7 cm³/mol. The zero-order valence-electron chi connectivity index (χ0n) is 13.8. The number of halogens is 1. The van der Waals surface area contributed by atoms with Gasteiger partial charge in [-0.15, -0.1) is 0 Å². The second kappa shape index (κ2) is 7.26. The minimum Gasteiger partial charge on any atom is -0.492 e. The maximum absolute atomic E-state index is 12.9. The fourth-order valence-corrected chi connectivity index (χ4v) is 3.61. The number of hydrogen-bond acceptors (Lipinski definition) is 3. The zero-order valence-corrected chi connectivity index (χ0v) is 15.4. The molecule has 4 nitrogen and oxygen atoms in total. The Morgan fingerprint density at radius 2 is 2.00 bits per heavy atom. The van der Waals surface area contributed by atoms with E-state index in [0.717, 1.165) is 17.4 Å². The molecule has 0 radical (unpaired) electrons. The number of carbonyl (C=O) groups is 1. The van der Waals surface area contributed by atoms with Gasteiger partial charge in [-0.2, -0.15) is 0 Å². The van der Waals surface area contributed by atoms with Crippen molar-refractivity contribution in [3.63, 3.8) is 0 Å². The Morgan fingerprint density at radius 1 is 1.25 bits per heavy atom. The van der Waals surface area contributed by atoms with Crippen LogP contribution in [0.1, 0.15) is 28.4 Å². The number of methoxy groups -OCH3 is 1. The van der Waals surface area contributed by atoms with Gasteiger partial charge in [0.15, 0.2) is 11.5 Å². The van der Waals surface area contributed by atoms with E-state index >= 15 is 0 Å². The Kier molecular flexibility index (Phi) is 5.09. The molecule has 126 valence electrons. The third-order valence-corrected chi connectivity index (χ3v) is 4.77. The van der Waals surface area contributed by atoms with Gasteiger partial charge in [-0.25, -0.2) is 0 Å². The molecular formula is C19H20BrNO3. The minimum atomic E-state index is 0.00816. The largest absolute Gasteiger partial charge is 0.492 e. The molecule has 3 rings (SSSR count). The van der Waals surface area contributed by atoms with E-state index in [-0.39, 0.29) is 5.91 Å². The molecule has 0 spiro atoms.